The molecule has 0 amide bonds. The Morgan fingerprint density at radius 1 is 1.05 bits per heavy atom. The van der Waals surface area contributed by atoms with Gasteiger partial charge in [-0.2, -0.15) is 0 Å². The SMILES string of the molecule is Cc1cccc([CH]([N-]c2ccccc2)[Al]([CH3])[CH3])c1O.[Cl][Ti][Cl]. The van der Waals surface area contributed by atoms with Gasteiger partial charge in [0.15, 0.2) is 0 Å². The Morgan fingerprint density at radius 2 is 1.64 bits per heavy atom. The number of para-hydroxylation sites is 2. The zero-order valence-electron chi connectivity index (χ0n) is 12.9. The van der Waals surface area contributed by atoms with Gasteiger partial charge in [0.1, 0.15) is 5.75 Å². The van der Waals surface area contributed by atoms with Gasteiger partial charge < -0.3 is 10.4 Å². The van der Waals surface area contributed by atoms with Gasteiger partial charge in [-0.25, -0.2) is 0 Å². The van der Waals surface area contributed by atoms with Crippen molar-refractivity contribution in [2.45, 2.75) is 23.4 Å². The third kappa shape index (κ3) is 6.17. The second kappa shape index (κ2) is 10.6. The van der Waals surface area contributed by atoms with E-state index in [1.54, 1.807) is 0 Å². The molecule has 0 heterocycles. The second-order valence-corrected chi connectivity index (χ2v) is 10.9. The summed E-state index contributed by atoms with van der Waals surface area (Å²) in [5.41, 5.74) is 2.86. The summed E-state index contributed by atoms with van der Waals surface area (Å²) in [6.45, 7) is 1.93. The Kier molecular flexibility index (Phi) is 9.60. The van der Waals surface area contributed by atoms with Crippen LogP contribution >= 0.6 is 18.6 Å². The number of aryl methyl sites for hydroxylation is 1. The molecule has 0 fully saturated rings. The van der Waals surface area contributed by atoms with E-state index in [0.29, 0.717) is 5.75 Å². The molecule has 0 saturated carbocycles. The molecule has 6 heteroatoms. The first-order valence-corrected chi connectivity index (χ1v) is 14.3. The molecule has 1 unspecified atom stereocenters. The van der Waals surface area contributed by atoms with Crippen LogP contribution in [0.1, 0.15) is 16.0 Å². The predicted molar refractivity (Wildman–Crippen MR) is 94.2 cm³/mol. The average Bonchev–Trinajstić information content (AvgIpc) is 2.50. The number of nitrogens with zero attached hydrogens (tertiary/aromatic N) is 1. The van der Waals surface area contributed by atoms with Crippen LogP contribution in [0.3, 0.4) is 0 Å². The van der Waals surface area contributed by atoms with Gasteiger partial charge in [-0.15, -0.1) is 22.2 Å². The second-order valence-electron chi connectivity index (χ2n) is 5.24. The van der Waals surface area contributed by atoms with E-state index in [4.69, 9.17) is 23.9 Å². The van der Waals surface area contributed by atoms with E-state index < -0.39 is 31.2 Å². The number of rotatable bonds is 4. The van der Waals surface area contributed by atoms with Crippen LogP contribution in [0.2, 0.25) is 11.6 Å². The Bertz CT molecular complexity index is 569. The van der Waals surface area contributed by atoms with Crippen LogP contribution in [0.15, 0.2) is 48.5 Å². The fourth-order valence-electron chi connectivity index (χ4n) is 2.17. The molecule has 0 aromatic heterocycles. The minimum atomic E-state index is -1.06. The molecule has 2 rings (SSSR count). The van der Waals surface area contributed by atoms with Crippen molar-refractivity contribution in [3.63, 3.8) is 0 Å². The van der Waals surface area contributed by atoms with Gasteiger partial charge in [0.25, 0.3) is 0 Å². The van der Waals surface area contributed by atoms with Crippen LogP contribution < -0.4 is 0 Å². The van der Waals surface area contributed by atoms with Crippen molar-refractivity contribution in [1.82, 2.24) is 0 Å². The van der Waals surface area contributed by atoms with Crippen LogP contribution in [-0.4, -0.2) is 19.3 Å². The molecule has 0 saturated heterocycles. The Balaban J connectivity index is 0.000000745. The molecule has 0 bridgehead atoms. The van der Waals surface area contributed by atoms with Crippen molar-refractivity contribution >= 4 is 38.4 Å². The van der Waals surface area contributed by atoms with Crippen molar-refractivity contribution in [2.75, 3.05) is 0 Å². The molecular weight excluding hydrogens is 368 g/mol. The molecular formula is C16H19AlCl2NOTi-. The zero-order valence-corrected chi connectivity index (χ0v) is 17.2. The first kappa shape index (κ1) is 19.9. The van der Waals surface area contributed by atoms with Gasteiger partial charge in [-0.05, 0) is 18.1 Å². The summed E-state index contributed by atoms with van der Waals surface area (Å²) in [5, 5.41) is 15.1. The predicted octanol–water partition coefficient (Wildman–Crippen LogP) is 6.12. The molecule has 0 spiro atoms. The van der Waals surface area contributed by atoms with Crippen LogP contribution in [-0.2, 0) is 17.0 Å². The van der Waals surface area contributed by atoms with Crippen molar-refractivity contribution in [2.24, 2.45) is 0 Å². The third-order valence-electron chi connectivity index (χ3n) is 3.26. The molecule has 0 aliphatic carbocycles. The maximum absolute atomic E-state index is 10.3. The monoisotopic (exact) mass is 386 g/mol. The van der Waals surface area contributed by atoms with Crippen LogP contribution in [0.4, 0.5) is 5.69 Å². The van der Waals surface area contributed by atoms with E-state index in [0.717, 1.165) is 16.8 Å². The van der Waals surface area contributed by atoms with Crippen molar-refractivity contribution in [1.29, 1.82) is 0 Å². The molecule has 2 nitrogen and oxygen atoms in total. The molecule has 1 N–H and O–H groups in total. The average molecular weight is 387 g/mol. The number of halogens is 2. The fraction of sp³-hybridized carbons (Fsp3) is 0.250. The summed E-state index contributed by atoms with van der Waals surface area (Å²) in [6, 6.07) is 15.9. The molecule has 2 aromatic rings. The zero-order chi connectivity index (χ0) is 16.5. The van der Waals surface area contributed by atoms with Gasteiger partial charge in [0, 0.05) is 0 Å². The normalized spacial score (nSPS) is 11.0. The summed E-state index contributed by atoms with van der Waals surface area (Å²) in [4.78, 5) is 0.113. The quantitative estimate of drug-likeness (QED) is 0.631. The van der Waals surface area contributed by atoms with Gasteiger partial charge >= 0.3 is 35.6 Å². The number of phenols is 1. The first-order chi connectivity index (χ1) is 10.5. The van der Waals surface area contributed by atoms with Crippen molar-refractivity contribution < 1.29 is 22.1 Å². The van der Waals surface area contributed by atoms with Crippen LogP contribution in [0, 0.1) is 6.92 Å². The Labute approximate surface area is 153 Å². The third-order valence-corrected chi connectivity index (χ3v) is 5.03. The summed E-state index contributed by atoms with van der Waals surface area (Å²) in [6.07, 6.45) is 0. The topological polar surface area (TPSA) is 34.3 Å². The number of hydrogen-bond acceptors (Lipinski definition) is 1. The molecule has 2 aromatic carbocycles. The van der Waals surface area contributed by atoms with E-state index in [2.05, 4.69) is 11.6 Å². The van der Waals surface area contributed by atoms with E-state index in [1.165, 1.54) is 0 Å². The molecule has 0 radical (unpaired) electrons. The van der Waals surface area contributed by atoms with Crippen molar-refractivity contribution in [3.05, 3.63) is 65.0 Å². The first-order valence-electron chi connectivity index (χ1n) is 7.01. The van der Waals surface area contributed by atoms with Gasteiger partial charge in [0.05, 0.1) is 0 Å². The molecule has 0 aliphatic rings. The molecule has 0 aliphatic heterocycles. The number of benzene rings is 2. The number of hydrogen-bond donors (Lipinski definition) is 1. The van der Waals surface area contributed by atoms with E-state index in [1.807, 2.05) is 55.5 Å². The summed E-state index contributed by atoms with van der Waals surface area (Å²) < 4.78 is 0. The Hall–Kier alpha value is -0.133. The van der Waals surface area contributed by atoms with Gasteiger partial charge in [0.2, 0.25) is 14.1 Å². The summed E-state index contributed by atoms with van der Waals surface area (Å²) in [5.74, 6) is 4.92. The van der Waals surface area contributed by atoms with Crippen LogP contribution in [0.5, 0.6) is 5.75 Å². The van der Waals surface area contributed by atoms with Crippen LogP contribution in [0.25, 0.3) is 5.32 Å². The van der Waals surface area contributed by atoms with E-state index in [9.17, 15) is 5.11 Å². The fourth-order valence-corrected chi connectivity index (χ4v) is 3.63. The Morgan fingerprint density at radius 3 is 2.18 bits per heavy atom. The molecule has 1 atom stereocenters. The summed E-state index contributed by atoms with van der Waals surface area (Å²) >= 11 is -1.61. The maximum atomic E-state index is 10.3. The standard InChI is InChI=1S/C14H13NO.2CH3.Al.2ClH.Ti/c1-11-6-5-7-12(14(11)16)10-15-13-8-3-2-4-9-13;;;;;;/h2-10,16H,1H3;2*1H3;;2*1H;/q-1;;;;;;+2/p-2. The van der Waals surface area contributed by atoms with Gasteiger partial charge in [-0.3, -0.25) is 0 Å². The number of aromatic hydroxyl groups is 1. The van der Waals surface area contributed by atoms with Crippen molar-refractivity contribution in [3.8, 4) is 5.75 Å². The van der Waals surface area contributed by atoms with E-state index in [-0.39, 0.29) is 4.90 Å². The molecule has 116 valence electrons. The number of phenolic OH excluding ortho intramolecular Hbond substituents is 1. The molecule has 22 heavy (non-hydrogen) atoms. The minimum absolute atomic E-state index is 0.113. The summed E-state index contributed by atoms with van der Waals surface area (Å²) in [7, 11) is 9.78. The van der Waals surface area contributed by atoms with Gasteiger partial charge in [-0.1, -0.05) is 48.5 Å². The van der Waals surface area contributed by atoms with E-state index >= 15 is 0 Å².